The number of nitrogens with two attached hydrogens (primary N) is 1. The van der Waals surface area contributed by atoms with Crippen LogP contribution >= 0.6 is 0 Å². The third-order valence-corrected chi connectivity index (χ3v) is 1.66. The molecule has 4 nitrogen and oxygen atoms in total. The molecule has 0 atom stereocenters. The first kappa shape index (κ1) is 6.39. The lowest BCUT2D eigenvalue weighted by Crippen LogP contribution is -2.13. The lowest BCUT2D eigenvalue weighted by molar-refractivity contribution is 1.06. The van der Waals surface area contributed by atoms with E-state index in [9.17, 15) is 0 Å². The SMILES string of the molecule is NC(=NC1CC1)c1cn[nH]c1. The molecule has 0 radical (unpaired) electrons. The van der Waals surface area contributed by atoms with Gasteiger partial charge in [-0.05, 0) is 12.8 Å². The van der Waals surface area contributed by atoms with Gasteiger partial charge in [-0.25, -0.2) is 0 Å². The average molecular weight is 150 g/mol. The Hall–Kier alpha value is -1.32. The molecule has 1 aromatic heterocycles. The van der Waals surface area contributed by atoms with Gasteiger partial charge in [0.2, 0.25) is 0 Å². The van der Waals surface area contributed by atoms with Crippen molar-refractivity contribution in [2.45, 2.75) is 18.9 Å². The minimum absolute atomic E-state index is 0.477. The summed E-state index contributed by atoms with van der Waals surface area (Å²) in [5.74, 6) is 0.598. The van der Waals surface area contributed by atoms with E-state index in [1.807, 2.05) is 0 Å². The van der Waals surface area contributed by atoms with Crippen molar-refractivity contribution < 1.29 is 0 Å². The second-order valence-corrected chi connectivity index (χ2v) is 2.73. The second-order valence-electron chi connectivity index (χ2n) is 2.73. The minimum atomic E-state index is 0.477. The summed E-state index contributed by atoms with van der Waals surface area (Å²) in [6.45, 7) is 0. The number of hydrogen-bond acceptors (Lipinski definition) is 2. The predicted molar refractivity (Wildman–Crippen MR) is 42.3 cm³/mol. The first-order valence-electron chi connectivity index (χ1n) is 3.68. The van der Waals surface area contributed by atoms with Crippen LogP contribution in [0.3, 0.4) is 0 Å². The van der Waals surface area contributed by atoms with Crippen LogP contribution in [0.15, 0.2) is 17.4 Å². The lowest BCUT2D eigenvalue weighted by Gasteiger charge is -1.92. The highest BCUT2D eigenvalue weighted by Gasteiger charge is 2.20. The fraction of sp³-hybridized carbons (Fsp3) is 0.429. The van der Waals surface area contributed by atoms with Gasteiger partial charge in [0.1, 0.15) is 5.84 Å². The van der Waals surface area contributed by atoms with Crippen LogP contribution in [0.1, 0.15) is 18.4 Å². The van der Waals surface area contributed by atoms with Crippen molar-refractivity contribution in [3.8, 4) is 0 Å². The lowest BCUT2D eigenvalue weighted by atomic mass is 10.3. The van der Waals surface area contributed by atoms with E-state index < -0.39 is 0 Å². The van der Waals surface area contributed by atoms with Gasteiger partial charge in [-0.2, -0.15) is 5.10 Å². The van der Waals surface area contributed by atoms with E-state index >= 15 is 0 Å². The molecule has 58 valence electrons. The molecule has 1 heterocycles. The molecule has 2 rings (SSSR count). The van der Waals surface area contributed by atoms with Crippen molar-refractivity contribution in [2.75, 3.05) is 0 Å². The molecule has 4 heteroatoms. The smallest absolute Gasteiger partial charge is 0.129 e. The van der Waals surface area contributed by atoms with E-state index in [0.717, 1.165) is 5.56 Å². The first-order chi connectivity index (χ1) is 5.36. The predicted octanol–water partition coefficient (Wildman–Crippen LogP) is 0.277. The zero-order valence-corrected chi connectivity index (χ0v) is 6.12. The number of aliphatic imine (C=N–C) groups is 1. The summed E-state index contributed by atoms with van der Waals surface area (Å²) >= 11 is 0. The largest absolute Gasteiger partial charge is 0.383 e. The van der Waals surface area contributed by atoms with Crippen LogP contribution in [0.25, 0.3) is 0 Å². The Morgan fingerprint density at radius 3 is 3.09 bits per heavy atom. The zero-order valence-electron chi connectivity index (χ0n) is 6.12. The normalized spacial score (nSPS) is 18.7. The molecule has 3 N–H and O–H groups in total. The molecular formula is C7H10N4. The number of nitrogens with one attached hydrogen (secondary N) is 1. The molecule has 0 saturated heterocycles. The van der Waals surface area contributed by atoms with Crippen LogP contribution in [0.4, 0.5) is 0 Å². The Balaban J connectivity index is 2.15. The monoisotopic (exact) mass is 150 g/mol. The zero-order chi connectivity index (χ0) is 7.68. The molecule has 0 aliphatic heterocycles. The van der Waals surface area contributed by atoms with Gasteiger partial charge in [0.05, 0.1) is 17.8 Å². The Kier molecular flexibility index (Phi) is 1.38. The number of aromatic nitrogens is 2. The number of aromatic amines is 1. The molecule has 0 aromatic carbocycles. The van der Waals surface area contributed by atoms with E-state index in [0.29, 0.717) is 11.9 Å². The third-order valence-electron chi connectivity index (χ3n) is 1.66. The summed E-state index contributed by atoms with van der Waals surface area (Å²) in [5.41, 5.74) is 6.56. The molecule has 0 spiro atoms. The molecule has 1 aromatic rings. The standard InChI is InChI=1S/C7H10N4/c8-7(11-6-1-2-6)5-3-9-10-4-5/h3-4,6H,1-2H2,(H2,8,11)(H,9,10). The van der Waals surface area contributed by atoms with E-state index in [1.165, 1.54) is 12.8 Å². The fourth-order valence-electron chi connectivity index (χ4n) is 0.866. The van der Waals surface area contributed by atoms with Crippen molar-refractivity contribution in [2.24, 2.45) is 10.7 Å². The van der Waals surface area contributed by atoms with Crippen molar-refractivity contribution >= 4 is 5.84 Å². The van der Waals surface area contributed by atoms with Crippen LogP contribution in [0, 0.1) is 0 Å². The average Bonchev–Trinajstić information content (AvgIpc) is 2.67. The van der Waals surface area contributed by atoms with Gasteiger partial charge in [0, 0.05) is 6.20 Å². The summed E-state index contributed by atoms with van der Waals surface area (Å²) < 4.78 is 0. The molecule has 0 bridgehead atoms. The molecule has 0 unspecified atom stereocenters. The summed E-state index contributed by atoms with van der Waals surface area (Å²) in [7, 11) is 0. The first-order valence-corrected chi connectivity index (χ1v) is 3.68. The van der Waals surface area contributed by atoms with E-state index in [4.69, 9.17) is 5.73 Å². The van der Waals surface area contributed by atoms with Crippen molar-refractivity contribution in [3.63, 3.8) is 0 Å². The van der Waals surface area contributed by atoms with E-state index in [2.05, 4.69) is 15.2 Å². The maximum atomic E-state index is 5.67. The number of nitrogens with zero attached hydrogens (tertiary/aromatic N) is 2. The van der Waals surface area contributed by atoms with Crippen molar-refractivity contribution in [3.05, 3.63) is 18.0 Å². The minimum Gasteiger partial charge on any atom is -0.383 e. The van der Waals surface area contributed by atoms with Crippen LogP contribution < -0.4 is 5.73 Å². The van der Waals surface area contributed by atoms with Crippen LogP contribution in [-0.2, 0) is 0 Å². The maximum absolute atomic E-state index is 5.67. The Labute approximate surface area is 64.5 Å². The van der Waals surface area contributed by atoms with Crippen LogP contribution in [-0.4, -0.2) is 22.1 Å². The molecule has 1 aliphatic rings. The summed E-state index contributed by atoms with van der Waals surface area (Å²) in [4.78, 5) is 4.27. The van der Waals surface area contributed by atoms with Crippen LogP contribution in [0.5, 0.6) is 0 Å². The van der Waals surface area contributed by atoms with Crippen molar-refractivity contribution in [1.29, 1.82) is 0 Å². The summed E-state index contributed by atoms with van der Waals surface area (Å²) in [5, 5.41) is 6.48. The van der Waals surface area contributed by atoms with E-state index in [-0.39, 0.29) is 0 Å². The third kappa shape index (κ3) is 1.39. The second kappa shape index (κ2) is 2.38. The van der Waals surface area contributed by atoms with Gasteiger partial charge in [0.15, 0.2) is 0 Å². The van der Waals surface area contributed by atoms with Gasteiger partial charge < -0.3 is 5.73 Å². The van der Waals surface area contributed by atoms with Gasteiger partial charge >= 0.3 is 0 Å². The Bertz CT molecular complexity index is 258. The van der Waals surface area contributed by atoms with Gasteiger partial charge in [-0.3, -0.25) is 10.1 Å². The maximum Gasteiger partial charge on any atom is 0.129 e. The Morgan fingerprint density at radius 2 is 2.55 bits per heavy atom. The summed E-state index contributed by atoms with van der Waals surface area (Å²) in [6, 6.07) is 0.477. The highest BCUT2D eigenvalue weighted by atomic mass is 15.1. The van der Waals surface area contributed by atoms with E-state index in [1.54, 1.807) is 12.4 Å². The molecule has 1 aliphatic carbocycles. The number of H-pyrrole nitrogens is 1. The molecule has 1 saturated carbocycles. The van der Waals surface area contributed by atoms with Crippen LogP contribution in [0.2, 0.25) is 0 Å². The Morgan fingerprint density at radius 1 is 1.73 bits per heavy atom. The molecular weight excluding hydrogens is 140 g/mol. The number of hydrogen-bond donors (Lipinski definition) is 2. The fourth-order valence-corrected chi connectivity index (χ4v) is 0.866. The molecule has 11 heavy (non-hydrogen) atoms. The topological polar surface area (TPSA) is 67.1 Å². The quantitative estimate of drug-likeness (QED) is 0.469. The van der Waals surface area contributed by atoms with Crippen molar-refractivity contribution in [1.82, 2.24) is 10.2 Å². The number of rotatable bonds is 2. The molecule has 0 amide bonds. The van der Waals surface area contributed by atoms with Gasteiger partial charge in [-0.15, -0.1) is 0 Å². The number of amidine groups is 1. The summed E-state index contributed by atoms with van der Waals surface area (Å²) in [6.07, 6.45) is 5.79. The highest BCUT2D eigenvalue weighted by molar-refractivity contribution is 5.97. The molecule has 1 fully saturated rings. The van der Waals surface area contributed by atoms with Gasteiger partial charge in [0.25, 0.3) is 0 Å². The highest BCUT2D eigenvalue weighted by Crippen LogP contribution is 2.23. The van der Waals surface area contributed by atoms with Gasteiger partial charge in [-0.1, -0.05) is 0 Å².